The Kier molecular flexibility index (Phi) is 3.36. The molecule has 1 amide bonds. The largest absolute Gasteiger partial charge is 0.450 e. The zero-order chi connectivity index (χ0) is 9.07. The summed E-state index contributed by atoms with van der Waals surface area (Å²) in [7, 11) is 1.73. The van der Waals surface area contributed by atoms with Crippen molar-refractivity contribution < 1.29 is 9.53 Å². The monoisotopic (exact) mass is 159 g/mol. The van der Waals surface area contributed by atoms with Crippen LogP contribution in [0.2, 0.25) is 0 Å². The molecule has 0 aromatic carbocycles. The molecule has 0 spiro atoms. The number of hydrogen-bond acceptors (Lipinski definition) is 2. The van der Waals surface area contributed by atoms with Crippen molar-refractivity contribution in [2.75, 3.05) is 13.7 Å². The molecule has 0 unspecified atom stereocenters. The summed E-state index contributed by atoms with van der Waals surface area (Å²) in [6, 6.07) is 0. The maximum Gasteiger partial charge on any atom is 0.409 e. The number of rotatable bonds is 1. The Hall–Kier alpha value is -0.730. The highest BCUT2D eigenvalue weighted by atomic mass is 16.6. The second-order valence-electron chi connectivity index (χ2n) is 3.43. The molecule has 0 bridgehead atoms. The zero-order valence-electron chi connectivity index (χ0n) is 7.97. The van der Waals surface area contributed by atoms with E-state index in [0.717, 1.165) is 0 Å². The Morgan fingerprint density at radius 2 is 1.91 bits per heavy atom. The Bertz CT molecular complexity index is 138. The first kappa shape index (κ1) is 10.3. The summed E-state index contributed by atoms with van der Waals surface area (Å²) >= 11 is 0. The summed E-state index contributed by atoms with van der Waals surface area (Å²) < 4.78 is 4.82. The van der Waals surface area contributed by atoms with E-state index in [-0.39, 0.29) is 11.6 Å². The quantitative estimate of drug-likeness (QED) is 0.584. The van der Waals surface area contributed by atoms with Gasteiger partial charge in [0.1, 0.15) is 0 Å². The van der Waals surface area contributed by atoms with Gasteiger partial charge in [0, 0.05) is 12.6 Å². The summed E-state index contributed by atoms with van der Waals surface area (Å²) in [6.07, 6.45) is -0.264. The SMILES string of the molecule is CCOC(=O)N(C)C(C)(C)C. The molecule has 0 aliphatic heterocycles. The van der Waals surface area contributed by atoms with E-state index in [0.29, 0.717) is 6.61 Å². The minimum absolute atomic E-state index is 0.160. The number of carbonyl (C=O) groups is 1. The molecule has 0 N–H and O–H groups in total. The number of nitrogens with zero attached hydrogens (tertiary/aromatic N) is 1. The Balaban J connectivity index is 4.03. The summed E-state index contributed by atoms with van der Waals surface area (Å²) in [5, 5.41) is 0. The number of ether oxygens (including phenoxy) is 1. The Labute approximate surface area is 68.3 Å². The molecule has 3 nitrogen and oxygen atoms in total. The normalized spacial score (nSPS) is 11.0. The second-order valence-corrected chi connectivity index (χ2v) is 3.43. The Morgan fingerprint density at radius 1 is 1.45 bits per heavy atom. The zero-order valence-corrected chi connectivity index (χ0v) is 7.97. The summed E-state index contributed by atoms with van der Waals surface area (Å²) in [5.74, 6) is 0. The van der Waals surface area contributed by atoms with Crippen LogP contribution in [0.5, 0.6) is 0 Å². The first-order valence-electron chi connectivity index (χ1n) is 3.80. The van der Waals surface area contributed by atoms with Crippen LogP contribution in [0, 0.1) is 0 Å². The summed E-state index contributed by atoms with van der Waals surface area (Å²) in [6.45, 7) is 8.12. The van der Waals surface area contributed by atoms with Crippen LogP contribution >= 0.6 is 0 Å². The molecule has 0 rings (SSSR count). The van der Waals surface area contributed by atoms with Crippen molar-refractivity contribution in [2.24, 2.45) is 0 Å². The highest BCUT2D eigenvalue weighted by Gasteiger charge is 2.22. The molecule has 3 heteroatoms. The van der Waals surface area contributed by atoms with E-state index in [9.17, 15) is 4.79 Å². The number of amides is 1. The molecule has 0 fully saturated rings. The fraction of sp³-hybridized carbons (Fsp3) is 0.875. The molecule has 0 aromatic heterocycles. The van der Waals surface area contributed by atoms with Gasteiger partial charge >= 0.3 is 6.09 Å². The van der Waals surface area contributed by atoms with Gasteiger partial charge in [0.05, 0.1) is 6.61 Å². The van der Waals surface area contributed by atoms with Crippen LogP contribution in [-0.2, 0) is 4.74 Å². The van der Waals surface area contributed by atoms with E-state index in [1.54, 1.807) is 18.9 Å². The topological polar surface area (TPSA) is 29.5 Å². The van der Waals surface area contributed by atoms with Gasteiger partial charge in [0.2, 0.25) is 0 Å². The summed E-state index contributed by atoms with van der Waals surface area (Å²) in [5.41, 5.74) is -0.160. The van der Waals surface area contributed by atoms with Crippen LogP contribution in [-0.4, -0.2) is 30.2 Å². The molecule has 0 saturated heterocycles. The van der Waals surface area contributed by atoms with Gasteiger partial charge in [-0.15, -0.1) is 0 Å². The predicted molar refractivity (Wildman–Crippen MR) is 44.5 cm³/mol. The molecular formula is C8H17NO2. The van der Waals surface area contributed by atoms with Crippen LogP contribution in [0.15, 0.2) is 0 Å². The van der Waals surface area contributed by atoms with Crippen molar-refractivity contribution in [3.05, 3.63) is 0 Å². The summed E-state index contributed by atoms with van der Waals surface area (Å²) in [4.78, 5) is 12.7. The van der Waals surface area contributed by atoms with Gasteiger partial charge in [-0.3, -0.25) is 0 Å². The molecule has 0 heterocycles. The van der Waals surface area contributed by atoms with Gasteiger partial charge in [-0.05, 0) is 27.7 Å². The highest BCUT2D eigenvalue weighted by Crippen LogP contribution is 2.11. The average Bonchev–Trinajstić information content (AvgIpc) is 1.85. The second kappa shape index (κ2) is 3.60. The van der Waals surface area contributed by atoms with E-state index in [1.165, 1.54) is 0 Å². The first-order valence-corrected chi connectivity index (χ1v) is 3.80. The van der Waals surface area contributed by atoms with Gasteiger partial charge < -0.3 is 9.64 Å². The van der Waals surface area contributed by atoms with E-state index >= 15 is 0 Å². The fourth-order valence-electron chi connectivity index (χ4n) is 0.494. The van der Waals surface area contributed by atoms with Gasteiger partial charge in [0.25, 0.3) is 0 Å². The lowest BCUT2D eigenvalue weighted by atomic mass is 10.1. The van der Waals surface area contributed by atoms with Crippen LogP contribution in [0.4, 0.5) is 4.79 Å². The standard InChI is InChI=1S/C8H17NO2/c1-6-11-7(10)9(5)8(2,3)4/h6H2,1-5H3. The molecule has 11 heavy (non-hydrogen) atoms. The van der Waals surface area contributed by atoms with Crippen molar-refractivity contribution in [3.63, 3.8) is 0 Å². The number of hydrogen-bond donors (Lipinski definition) is 0. The molecule has 66 valence electrons. The predicted octanol–water partition coefficient (Wildman–Crippen LogP) is 1.87. The van der Waals surface area contributed by atoms with Crippen LogP contribution < -0.4 is 0 Å². The van der Waals surface area contributed by atoms with Crippen LogP contribution in [0.25, 0.3) is 0 Å². The third-order valence-electron chi connectivity index (χ3n) is 1.55. The van der Waals surface area contributed by atoms with Crippen molar-refractivity contribution >= 4 is 6.09 Å². The Morgan fingerprint density at radius 3 is 2.18 bits per heavy atom. The molecular weight excluding hydrogens is 142 g/mol. The first-order chi connectivity index (χ1) is 4.89. The molecule has 0 aliphatic carbocycles. The van der Waals surface area contributed by atoms with Gasteiger partial charge in [-0.2, -0.15) is 0 Å². The molecule has 0 atom stereocenters. The van der Waals surface area contributed by atoms with E-state index < -0.39 is 0 Å². The van der Waals surface area contributed by atoms with Crippen molar-refractivity contribution in [2.45, 2.75) is 33.2 Å². The molecule has 0 radical (unpaired) electrons. The molecule has 0 aromatic rings. The highest BCUT2D eigenvalue weighted by molar-refractivity contribution is 5.68. The fourth-order valence-corrected chi connectivity index (χ4v) is 0.494. The minimum atomic E-state index is -0.264. The van der Waals surface area contributed by atoms with Crippen molar-refractivity contribution in [3.8, 4) is 0 Å². The van der Waals surface area contributed by atoms with Crippen molar-refractivity contribution in [1.82, 2.24) is 4.90 Å². The van der Waals surface area contributed by atoms with Crippen molar-refractivity contribution in [1.29, 1.82) is 0 Å². The molecule has 0 aliphatic rings. The van der Waals surface area contributed by atoms with Gasteiger partial charge in [0.15, 0.2) is 0 Å². The van der Waals surface area contributed by atoms with E-state index in [4.69, 9.17) is 4.74 Å². The van der Waals surface area contributed by atoms with E-state index in [1.807, 2.05) is 20.8 Å². The third kappa shape index (κ3) is 3.25. The molecule has 0 saturated carbocycles. The third-order valence-corrected chi connectivity index (χ3v) is 1.55. The van der Waals surface area contributed by atoms with Gasteiger partial charge in [-0.1, -0.05) is 0 Å². The number of carbonyl (C=O) groups excluding carboxylic acids is 1. The maximum atomic E-state index is 11.1. The lowest BCUT2D eigenvalue weighted by molar-refractivity contribution is 0.0853. The minimum Gasteiger partial charge on any atom is -0.450 e. The average molecular weight is 159 g/mol. The lowest BCUT2D eigenvalue weighted by Crippen LogP contribution is -2.42. The van der Waals surface area contributed by atoms with Gasteiger partial charge in [-0.25, -0.2) is 4.79 Å². The van der Waals surface area contributed by atoms with E-state index in [2.05, 4.69) is 0 Å². The smallest absolute Gasteiger partial charge is 0.409 e. The van der Waals surface area contributed by atoms with Crippen LogP contribution in [0.3, 0.4) is 0 Å². The maximum absolute atomic E-state index is 11.1. The van der Waals surface area contributed by atoms with Crippen LogP contribution in [0.1, 0.15) is 27.7 Å². The lowest BCUT2D eigenvalue weighted by Gasteiger charge is -2.30.